The van der Waals surface area contributed by atoms with Crippen LogP contribution in [0.3, 0.4) is 0 Å². The van der Waals surface area contributed by atoms with Crippen LogP contribution in [0.2, 0.25) is 0 Å². The summed E-state index contributed by atoms with van der Waals surface area (Å²) in [4.78, 5) is 15.3. The van der Waals surface area contributed by atoms with Crippen LogP contribution in [0.15, 0.2) is 5.38 Å². The SMILES string of the molecule is COC(C)c1nc(C(C)(C)C(=O)O)cs1. The molecule has 1 rings (SSSR count). The van der Waals surface area contributed by atoms with Gasteiger partial charge in [0.15, 0.2) is 0 Å². The number of carboxylic acids is 1. The number of aliphatic carboxylic acids is 1. The topological polar surface area (TPSA) is 59.4 Å². The third-order valence-corrected chi connectivity index (χ3v) is 3.40. The molecule has 0 bridgehead atoms. The third-order valence-electron chi connectivity index (χ3n) is 2.40. The first-order valence-electron chi connectivity index (χ1n) is 4.61. The minimum absolute atomic E-state index is 0.0895. The van der Waals surface area contributed by atoms with Crippen LogP contribution in [0, 0.1) is 0 Å². The molecule has 0 aromatic carbocycles. The van der Waals surface area contributed by atoms with Crippen molar-refractivity contribution in [2.24, 2.45) is 0 Å². The summed E-state index contributed by atoms with van der Waals surface area (Å²) in [7, 11) is 1.61. The van der Waals surface area contributed by atoms with E-state index >= 15 is 0 Å². The van der Waals surface area contributed by atoms with Gasteiger partial charge in [0.1, 0.15) is 16.5 Å². The Bertz CT molecular complexity index is 359. The molecular formula is C10H15NO3S. The number of hydrogen-bond donors (Lipinski definition) is 1. The quantitative estimate of drug-likeness (QED) is 0.860. The lowest BCUT2D eigenvalue weighted by atomic mass is 9.90. The van der Waals surface area contributed by atoms with E-state index in [0.717, 1.165) is 5.01 Å². The molecule has 0 fully saturated rings. The van der Waals surface area contributed by atoms with Crippen LogP contribution in [0.1, 0.15) is 37.6 Å². The normalized spacial score (nSPS) is 13.9. The monoisotopic (exact) mass is 229 g/mol. The second-order valence-electron chi connectivity index (χ2n) is 3.88. The maximum atomic E-state index is 11.0. The molecule has 0 saturated heterocycles. The molecular weight excluding hydrogens is 214 g/mol. The van der Waals surface area contributed by atoms with Crippen molar-refractivity contribution in [1.29, 1.82) is 0 Å². The molecule has 1 aromatic rings. The molecule has 1 unspecified atom stereocenters. The van der Waals surface area contributed by atoms with Crippen LogP contribution in [0.4, 0.5) is 0 Å². The molecule has 0 spiro atoms. The van der Waals surface area contributed by atoms with E-state index < -0.39 is 11.4 Å². The summed E-state index contributed by atoms with van der Waals surface area (Å²) >= 11 is 1.43. The third kappa shape index (κ3) is 2.35. The number of hydrogen-bond acceptors (Lipinski definition) is 4. The Hall–Kier alpha value is -0.940. The molecule has 1 heterocycles. The van der Waals surface area contributed by atoms with Gasteiger partial charge in [-0.25, -0.2) is 4.98 Å². The van der Waals surface area contributed by atoms with Crippen LogP contribution < -0.4 is 0 Å². The smallest absolute Gasteiger partial charge is 0.315 e. The molecule has 0 aliphatic carbocycles. The average Bonchev–Trinajstić information content (AvgIpc) is 2.65. The number of aromatic nitrogens is 1. The van der Waals surface area contributed by atoms with E-state index in [1.54, 1.807) is 26.3 Å². The fourth-order valence-electron chi connectivity index (χ4n) is 0.972. The molecule has 5 heteroatoms. The summed E-state index contributed by atoms with van der Waals surface area (Å²) < 4.78 is 5.12. The van der Waals surface area contributed by atoms with Crippen LogP contribution in [0.5, 0.6) is 0 Å². The predicted octanol–water partition coefficient (Wildman–Crippen LogP) is 2.21. The summed E-state index contributed by atoms with van der Waals surface area (Å²) in [6, 6.07) is 0. The van der Waals surface area contributed by atoms with E-state index in [-0.39, 0.29) is 6.10 Å². The molecule has 1 aromatic heterocycles. The van der Waals surface area contributed by atoms with Gasteiger partial charge in [-0.3, -0.25) is 4.79 Å². The van der Waals surface area contributed by atoms with Gasteiger partial charge in [-0.05, 0) is 20.8 Å². The Kier molecular flexibility index (Phi) is 3.46. The number of thiazole rings is 1. The summed E-state index contributed by atoms with van der Waals surface area (Å²) in [5.41, 5.74) is -0.360. The number of carboxylic acid groups (broad SMARTS) is 1. The van der Waals surface area contributed by atoms with Gasteiger partial charge >= 0.3 is 5.97 Å². The summed E-state index contributed by atoms with van der Waals surface area (Å²) in [6.45, 7) is 5.17. The van der Waals surface area contributed by atoms with Gasteiger partial charge in [0.05, 0.1) is 5.69 Å². The van der Waals surface area contributed by atoms with Crippen molar-refractivity contribution in [1.82, 2.24) is 4.98 Å². The second kappa shape index (κ2) is 4.28. The first kappa shape index (κ1) is 12.1. The fourth-order valence-corrected chi connectivity index (χ4v) is 1.99. The van der Waals surface area contributed by atoms with Crippen molar-refractivity contribution in [2.45, 2.75) is 32.3 Å². The maximum Gasteiger partial charge on any atom is 0.315 e. The van der Waals surface area contributed by atoms with Crippen molar-refractivity contribution in [3.05, 3.63) is 16.1 Å². The van der Waals surface area contributed by atoms with E-state index in [2.05, 4.69) is 4.98 Å². The molecule has 1 atom stereocenters. The van der Waals surface area contributed by atoms with Gasteiger partial charge < -0.3 is 9.84 Å². The number of rotatable bonds is 4. The highest BCUT2D eigenvalue weighted by Crippen LogP contribution is 2.28. The zero-order chi connectivity index (χ0) is 11.6. The van der Waals surface area contributed by atoms with Gasteiger partial charge in [0.25, 0.3) is 0 Å². The van der Waals surface area contributed by atoms with Crippen LogP contribution in [-0.4, -0.2) is 23.2 Å². The number of carbonyl (C=O) groups is 1. The Balaban J connectivity index is 2.98. The molecule has 0 aliphatic rings. The maximum absolute atomic E-state index is 11.0. The lowest BCUT2D eigenvalue weighted by molar-refractivity contribution is -0.142. The molecule has 84 valence electrons. The highest BCUT2D eigenvalue weighted by molar-refractivity contribution is 7.09. The van der Waals surface area contributed by atoms with Crippen molar-refractivity contribution in [3.8, 4) is 0 Å². The minimum Gasteiger partial charge on any atom is -0.481 e. The first-order chi connectivity index (χ1) is 6.89. The Morgan fingerprint density at radius 1 is 1.67 bits per heavy atom. The summed E-state index contributed by atoms with van der Waals surface area (Å²) in [5.74, 6) is -0.871. The number of ether oxygens (including phenoxy) is 1. The molecule has 0 amide bonds. The molecule has 0 radical (unpaired) electrons. The lowest BCUT2D eigenvalue weighted by Gasteiger charge is -2.15. The van der Waals surface area contributed by atoms with Crippen LogP contribution >= 0.6 is 11.3 Å². The number of methoxy groups -OCH3 is 1. The van der Waals surface area contributed by atoms with Crippen molar-refractivity contribution in [2.75, 3.05) is 7.11 Å². The zero-order valence-electron chi connectivity index (χ0n) is 9.27. The van der Waals surface area contributed by atoms with Gasteiger partial charge in [0, 0.05) is 12.5 Å². The molecule has 4 nitrogen and oxygen atoms in total. The Labute approximate surface area is 92.9 Å². The highest BCUT2D eigenvalue weighted by atomic mass is 32.1. The van der Waals surface area contributed by atoms with Crippen molar-refractivity contribution < 1.29 is 14.6 Å². The fraction of sp³-hybridized carbons (Fsp3) is 0.600. The molecule has 15 heavy (non-hydrogen) atoms. The van der Waals surface area contributed by atoms with E-state index in [9.17, 15) is 4.79 Å². The Morgan fingerprint density at radius 2 is 2.27 bits per heavy atom. The summed E-state index contributed by atoms with van der Waals surface area (Å²) in [6.07, 6.45) is -0.0895. The second-order valence-corrected chi connectivity index (χ2v) is 4.77. The van der Waals surface area contributed by atoms with E-state index in [4.69, 9.17) is 9.84 Å². The van der Waals surface area contributed by atoms with Gasteiger partial charge in [-0.2, -0.15) is 0 Å². The number of nitrogens with zero attached hydrogens (tertiary/aromatic N) is 1. The van der Waals surface area contributed by atoms with E-state index in [0.29, 0.717) is 5.69 Å². The summed E-state index contributed by atoms with van der Waals surface area (Å²) in [5, 5.41) is 11.6. The van der Waals surface area contributed by atoms with Crippen molar-refractivity contribution >= 4 is 17.3 Å². The lowest BCUT2D eigenvalue weighted by Crippen LogP contribution is -2.28. The largest absolute Gasteiger partial charge is 0.481 e. The van der Waals surface area contributed by atoms with Gasteiger partial charge in [-0.15, -0.1) is 11.3 Å². The van der Waals surface area contributed by atoms with E-state index in [1.807, 2.05) is 6.92 Å². The predicted molar refractivity (Wildman–Crippen MR) is 58.2 cm³/mol. The van der Waals surface area contributed by atoms with Gasteiger partial charge in [0.2, 0.25) is 0 Å². The average molecular weight is 229 g/mol. The molecule has 1 N–H and O–H groups in total. The zero-order valence-corrected chi connectivity index (χ0v) is 10.1. The van der Waals surface area contributed by atoms with E-state index in [1.165, 1.54) is 11.3 Å². The standard InChI is InChI=1S/C10H15NO3S/c1-6(14-4)8-11-7(5-15-8)10(2,3)9(12)13/h5-6H,1-4H3,(H,12,13). The van der Waals surface area contributed by atoms with Crippen LogP contribution in [-0.2, 0) is 14.9 Å². The molecule has 0 aliphatic heterocycles. The first-order valence-corrected chi connectivity index (χ1v) is 5.49. The van der Waals surface area contributed by atoms with Gasteiger partial charge in [-0.1, -0.05) is 0 Å². The van der Waals surface area contributed by atoms with Crippen LogP contribution in [0.25, 0.3) is 0 Å². The minimum atomic E-state index is -0.942. The molecule has 0 saturated carbocycles. The highest BCUT2D eigenvalue weighted by Gasteiger charge is 2.32. The Morgan fingerprint density at radius 3 is 2.73 bits per heavy atom. The van der Waals surface area contributed by atoms with Crippen molar-refractivity contribution in [3.63, 3.8) is 0 Å².